The van der Waals surface area contributed by atoms with E-state index >= 15 is 0 Å². The van der Waals surface area contributed by atoms with Crippen LogP contribution in [0, 0.1) is 6.92 Å². The van der Waals surface area contributed by atoms with Gasteiger partial charge < -0.3 is 19.7 Å². The second-order valence-electron chi connectivity index (χ2n) is 9.70. The maximum Gasteiger partial charge on any atom is 0.573 e. The molecule has 1 saturated heterocycles. The second kappa shape index (κ2) is 11.6. The summed E-state index contributed by atoms with van der Waals surface area (Å²) >= 11 is 0. The minimum Gasteiger partial charge on any atom is -0.406 e. The average Bonchev–Trinajstić information content (AvgIpc) is 3.22. The number of carbonyl (C=O) groups excluding carboxylic acids is 2. The summed E-state index contributed by atoms with van der Waals surface area (Å²) in [6.45, 7) is 1.79. The average molecular weight is 595 g/mol. The van der Waals surface area contributed by atoms with Gasteiger partial charge in [0.05, 0.1) is 0 Å². The van der Waals surface area contributed by atoms with Crippen LogP contribution in [0.1, 0.15) is 29.5 Å². The molecule has 2 aromatic carbocycles. The highest BCUT2D eigenvalue weighted by atomic mass is 32.2. The lowest BCUT2D eigenvalue weighted by Crippen LogP contribution is -2.50. The molecule has 0 atom stereocenters. The smallest absolute Gasteiger partial charge is 0.406 e. The lowest BCUT2D eigenvalue weighted by Gasteiger charge is -2.34. The van der Waals surface area contributed by atoms with Crippen LogP contribution in [0.3, 0.4) is 0 Å². The summed E-state index contributed by atoms with van der Waals surface area (Å²) in [5, 5.41) is 3.71. The van der Waals surface area contributed by atoms with Crippen molar-refractivity contribution in [1.82, 2.24) is 9.62 Å². The van der Waals surface area contributed by atoms with Gasteiger partial charge in [0.1, 0.15) is 23.7 Å². The standard InChI is InChI=1S/C27H29F3N4O6S/c1-18-15-21(33(2)23(35)17-39-3)8-7-19(18)9-14-41(37,38)34-12-10-26(11-13-34)25(36)31-24(32-26)20-5-4-6-22(16-20)40-27(28,29)30/h4-9,14-16H,10-13,17H2,1-3H3,(H,31,32,36)/b14-9+. The molecule has 1 fully saturated rings. The van der Waals surface area contributed by atoms with Crippen LogP contribution in [0.5, 0.6) is 5.75 Å². The van der Waals surface area contributed by atoms with Crippen molar-refractivity contribution in [3.8, 4) is 5.75 Å². The van der Waals surface area contributed by atoms with Crippen LogP contribution in [0.15, 0.2) is 52.9 Å². The van der Waals surface area contributed by atoms with Gasteiger partial charge in [0.2, 0.25) is 10.0 Å². The van der Waals surface area contributed by atoms with Gasteiger partial charge in [0.25, 0.3) is 11.8 Å². The van der Waals surface area contributed by atoms with Crippen LogP contribution < -0.4 is 15.0 Å². The van der Waals surface area contributed by atoms with Gasteiger partial charge in [0.15, 0.2) is 0 Å². The van der Waals surface area contributed by atoms with E-state index in [4.69, 9.17) is 4.74 Å². The highest BCUT2D eigenvalue weighted by Crippen LogP contribution is 2.33. The molecule has 14 heteroatoms. The van der Waals surface area contributed by atoms with Crippen molar-refractivity contribution in [1.29, 1.82) is 0 Å². The van der Waals surface area contributed by atoms with Gasteiger partial charge in [-0.1, -0.05) is 18.2 Å². The number of ether oxygens (including phenoxy) is 2. The van der Waals surface area contributed by atoms with Gasteiger partial charge in [-0.25, -0.2) is 8.42 Å². The Morgan fingerprint density at radius 2 is 1.90 bits per heavy atom. The number of alkyl halides is 3. The summed E-state index contributed by atoms with van der Waals surface area (Å²) in [5.41, 5.74) is 1.08. The monoisotopic (exact) mass is 594 g/mol. The van der Waals surface area contributed by atoms with Crippen molar-refractivity contribution in [3.05, 3.63) is 64.6 Å². The number of hydrogen-bond acceptors (Lipinski definition) is 7. The summed E-state index contributed by atoms with van der Waals surface area (Å²) in [6, 6.07) is 10.3. The molecule has 220 valence electrons. The number of carbonyl (C=O) groups is 2. The van der Waals surface area contributed by atoms with E-state index in [9.17, 15) is 31.2 Å². The maximum atomic E-state index is 13.1. The number of nitrogens with zero attached hydrogens (tertiary/aromatic N) is 3. The molecule has 4 rings (SSSR count). The van der Waals surface area contributed by atoms with Crippen molar-refractivity contribution < 1.29 is 40.7 Å². The third-order valence-electron chi connectivity index (χ3n) is 6.93. The topological polar surface area (TPSA) is 118 Å². The lowest BCUT2D eigenvalue weighted by molar-refractivity contribution is -0.274. The minimum atomic E-state index is -4.86. The number of methoxy groups -OCH3 is 1. The van der Waals surface area contributed by atoms with E-state index in [-0.39, 0.29) is 49.8 Å². The Kier molecular flexibility index (Phi) is 8.57. The minimum absolute atomic E-state index is 0.0262. The van der Waals surface area contributed by atoms with Gasteiger partial charge in [-0.3, -0.25) is 14.6 Å². The number of rotatable bonds is 8. The number of hydrogen-bond donors (Lipinski definition) is 1. The van der Waals surface area contributed by atoms with E-state index in [1.807, 2.05) is 0 Å². The number of halogens is 3. The van der Waals surface area contributed by atoms with E-state index < -0.39 is 33.6 Å². The molecule has 0 aliphatic carbocycles. The molecule has 0 radical (unpaired) electrons. The molecule has 2 aliphatic heterocycles. The zero-order valence-electron chi connectivity index (χ0n) is 22.6. The van der Waals surface area contributed by atoms with E-state index in [1.165, 1.54) is 34.5 Å². The van der Waals surface area contributed by atoms with E-state index in [0.717, 1.165) is 23.1 Å². The first-order chi connectivity index (χ1) is 19.2. The molecule has 10 nitrogen and oxygen atoms in total. The predicted octanol–water partition coefficient (Wildman–Crippen LogP) is 3.21. The highest BCUT2D eigenvalue weighted by molar-refractivity contribution is 7.92. The third kappa shape index (κ3) is 6.94. The molecular formula is C27H29F3N4O6S. The van der Waals surface area contributed by atoms with Crippen molar-refractivity contribution in [2.75, 3.05) is 38.8 Å². The van der Waals surface area contributed by atoms with Gasteiger partial charge in [-0.2, -0.15) is 4.31 Å². The Hall–Kier alpha value is -3.75. The molecule has 2 amide bonds. The summed E-state index contributed by atoms with van der Waals surface area (Å²) in [7, 11) is -0.777. The van der Waals surface area contributed by atoms with Crippen molar-refractivity contribution >= 4 is 39.4 Å². The molecule has 0 bridgehead atoms. The van der Waals surface area contributed by atoms with Crippen molar-refractivity contribution in [3.63, 3.8) is 0 Å². The van der Waals surface area contributed by atoms with Crippen LogP contribution in [-0.4, -0.2) is 76.1 Å². The number of aliphatic imine (C=N–C) groups is 1. The van der Waals surface area contributed by atoms with Crippen LogP contribution in [0.2, 0.25) is 0 Å². The Bertz CT molecular complexity index is 1500. The number of nitrogens with one attached hydrogen (secondary N) is 1. The number of piperidine rings is 1. The summed E-state index contributed by atoms with van der Waals surface area (Å²) in [6.07, 6.45) is -3.19. The Labute approximate surface area is 235 Å². The van der Waals surface area contributed by atoms with Crippen LogP contribution in [-0.2, 0) is 24.3 Å². The zero-order chi connectivity index (χ0) is 30.0. The molecule has 2 aromatic rings. The predicted molar refractivity (Wildman–Crippen MR) is 146 cm³/mol. The number of anilines is 1. The van der Waals surface area contributed by atoms with E-state index in [0.29, 0.717) is 11.3 Å². The first-order valence-electron chi connectivity index (χ1n) is 12.5. The number of amidine groups is 1. The number of benzene rings is 2. The molecule has 41 heavy (non-hydrogen) atoms. The normalized spacial score (nSPS) is 17.5. The Balaban J connectivity index is 1.43. The first-order valence-corrected chi connectivity index (χ1v) is 14.1. The van der Waals surface area contributed by atoms with Gasteiger partial charge in [-0.15, -0.1) is 13.2 Å². The fourth-order valence-corrected chi connectivity index (χ4v) is 5.79. The molecule has 0 unspecified atom stereocenters. The lowest BCUT2D eigenvalue weighted by atomic mass is 9.89. The Morgan fingerprint density at radius 1 is 1.20 bits per heavy atom. The van der Waals surface area contributed by atoms with Crippen LogP contribution in [0.4, 0.5) is 18.9 Å². The van der Waals surface area contributed by atoms with Crippen molar-refractivity contribution in [2.45, 2.75) is 31.7 Å². The summed E-state index contributed by atoms with van der Waals surface area (Å²) < 4.78 is 74.0. The van der Waals surface area contributed by atoms with Gasteiger partial charge >= 0.3 is 6.36 Å². The summed E-state index contributed by atoms with van der Waals surface area (Å²) in [4.78, 5) is 30.8. The summed E-state index contributed by atoms with van der Waals surface area (Å²) in [5.74, 6) is -1.01. The molecule has 2 aliphatic rings. The fraction of sp³-hybridized carbons (Fsp3) is 0.370. The largest absolute Gasteiger partial charge is 0.573 e. The second-order valence-corrected chi connectivity index (χ2v) is 11.5. The first kappa shape index (κ1) is 30.2. The van der Waals surface area contributed by atoms with E-state index in [2.05, 4.69) is 15.0 Å². The molecule has 2 heterocycles. The van der Waals surface area contributed by atoms with Crippen molar-refractivity contribution in [2.24, 2.45) is 4.99 Å². The van der Waals surface area contributed by atoms with Gasteiger partial charge in [-0.05, 0) is 61.2 Å². The van der Waals surface area contributed by atoms with Crippen LogP contribution >= 0.6 is 0 Å². The zero-order valence-corrected chi connectivity index (χ0v) is 23.4. The molecule has 1 spiro atoms. The molecule has 0 aromatic heterocycles. The van der Waals surface area contributed by atoms with Crippen LogP contribution in [0.25, 0.3) is 6.08 Å². The Morgan fingerprint density at radius 3 is 2.54 bits per heavy atom. The SMILES string of the molecule is COCC(=O)N(C)c1ccc(/C=C/S(=O)(=O)N2CCC3(CC2)N=C(c2cccc(OC(F)(F)F)c2)NC3=O)c(C)c1. The highest BCUT2D eigenvalue weighted by Gasteiger charge is 2.47. The molecular weight excluding hydrogens is 565 g/mol. The maximum absolute atomic E-state index is 13.1. The molecule has 0 saturated carbocycles. The quantitative estimate of drug-likeness (QED) is 0.502. The number of amides is 2. The van der Waals surface area contributed by atoms with Gasteiger partial charge in [0, 0.05) is 43.9 Å². The fourth-order valence-electron chi connectivity index (χ4n) is 4.61. The van der Waals surface area contributed by atoms with E-state index in [1.54, 1.807) is 32.2 Å². The molecule has 1 N–H and O–H groups in total. The number of likely N-dealkylation sites (N-methyl/N-ethyl adjacent to an activating group) is 1. The number of aryl methyl sites for hydroxylation is 1. The number of sulfonamides is 1. The third-order valence-corrected chi connectivity index (χ3v) is 8.50.